The first-order valence-electron chi connectivity index (χ1n) is 3.39. The molecule has 1 aromatic rings. The molecule has 2 nitrogen and oxygen atoms in total. The zero-order valence-corrected chi connectivity index (χ0v) is 10.3. The van der Waals surface area contributed by atoms with Crippen molar-refractivity contribution in [3.8, 4) is 11.8 Å². The quantitative estimate of drug-likeness (QED) is 0.499. The molecule has 0 saturated carbocycles. The minimum atomic E-state index is 0. The van der Waals surface area contributed by atoms with Gasteiger partial charge in [0.15, 0.2) is 5.82 Å². The number of rotatable bonds is 0. The van der Waals surface area contributed by atoms with E-state index in [9.17, 15) is 0 Å². The van der Waals surface area contributed by atoms with E-state index in [1.807, 2.05) is 13.8 Å². The van der Waals surface area contributed by atoms with Gasteiger partial charge in [-0.3, -0.25) is 9.97 Å². The van der Waals surface area contributed by atoms with E-state index in [4.69, 9.17) is 0 Å². The second kappa shape index (κ2) is 5.40. The van der Waals surface area contributed by atoms with Crippen LogP contribution in [0.3, 0.4) is 0 Å². The Morgan fingerprint density at radius 2 is 1.67 bits per heavy atom. The summed E-state index contributed by atoms with van der Waals surface area (Å²) in [5.74, 6) is 6.13. The number of nitrogens with zero attached hydrogens (tertiary/aromatic N) is 2. The van der Waals surface area contributed by atoms with E-state index in [1.54, 1.807) is 6.92 Å². The summed E-state index contributed by atoms with van der Waals surface area (Å²) in [6.07, 6.45) is 0. The van der Waals surface area contributed by atoms with Gasteiger partial charge in [0.25, 0.3) is 0 Å². The predicted molar refractivity (Wildman–Crippen MR) is 42.9 cm³/mol. The van der Waals surface area contributed by atoms with Crippen LogP contribution in [0.5, 0.6) is 0 Å². The van der Waals surface area contributed by atoms with Crippen LogP contribution in [0.15, 0.2) is 0 Å². The normalized spacial score (nSPS) is 7.92. The molecule has 0 saturated heterocycles. The van der Waals surface area contributed by atoms with E-state index in [2.05, 4.69) is 27.9 Å². The van der Waals surface area contributed by atoms with E-state index in [0.29, 0.717) is 5.82 Å². The van der Waals surface area contributed by atoms with Crippen LogP contribution in [0.4, 0.5) is 0 Å². The fourth-order valence-corrected chi connectivity index (χ4v) is 0.828. The molecule has 0 aliphatic heterocycles. The van der Waals surface area contributed by atoms with E-state index in [0.717, 1.165) is 11.4 Å². The summed E-state index contributed by atoms with van der Waals surface area (Å²) < 4.78 is 0. The fourth-order valence-electron chi connectivity index (χ4n) is 0.828. The summed E-state index contributed by atoms with van der Waals surface area (Å²) in [7, 11) is 0. The molecule has 1 radical (unpaired) electrons. The zero-order chi connectivity index (χ0) is 8.27. The number of hydrogen-bond donors (Lipinski definition) is 0. The Kier molecular flexibility index (Phi) is 5.28. The molecule has 0 aromatic carbocycles. The monoisotopic (exact) mass is 234 g/mol. The van der Waals surface area contributed by atoms with Gasteiger partial charge in [0, 0.05) is 32.7 Å². The maximum atomic E-state index is 4.08. The Labute approximate surface area is 98.1 Å². The summed E-state index contributed by atoms with van der Waals surface area (Å²) in [5.41, 5.74) is 1.69. The van der Waals surface area contributed by atoms with Gasteiger partial charge >= 0.3 is 0 Å². The Balaban J connectivity index is 0.00000121. The summed E-state index contributed by atoms with van der Waals surface area (Å²) in [6.45, 7) is 5.54. The molecule has 0 spiro atoms. The maximum Gasteiger partial charge on any atom is 0.199 e. The van der Waals surface area contributed by atoms with Crippen LogP contribution < -0.4 is 0 Å². The number of hydrogen-bond acceptors (Lipinski definition) is 2. The van der Waals surface area contributed by atoms with Crippen LogP contribution in [-0.2, 0) is 32.7 Å². The average molecular weight is 234 g/mol. The van der Waals surface area contributed by atoms with Crippen molar-refractivity contribution in [1.29, 1.82) is 0 Å². The first-order chi connectivity index (χ1) is 5.22. The van der Waals surface area contributed by atoms with Crippen LogP contribution in [0.1, 0.15) is 24.1 Å². The Morgan fingerprint density at radius 3 is 2.08 bits per heavy atom. The van der Waals surface area contributed by atoms with Gasteiger partial charge in [-0.15, -0.1) is 11.4 Å². The van der Waals surface area contributed by atoms with Gasteiger partial charge in [0.2, 0.25) is 0 Å². The number of aryl methyl sites for hydroxylation is 2. The van der Waals surface area contributed by atoms with Gasteiger partial charge in [-0.25, -0.2) is 0 Å². The molecule has 1 heterocycles. The fraction of sp³-hybridized carbons (Fsp3) is 0.333. The molecule has 59 valence electrons. The first-order valence-corrected chi connectivity index (χ1v) is 3.39. The van der Waals surface area contributed by atoms with E-state index < -0.39 is 0 Å². The van der Waals surface area contributed by atoms with Crippen molar-refractivity contribution in [3.63, 3.8) is 0 Å². The molecule has 0 aliphatic carbocycles. The molecule has 0 N–H and O–H groups in total. The molecule has 3 heteroatoms. The summed E-state index contributed by atoms with van der Waals surface area (Å²) in [6, 6.07) is 2.98. The van der Waals surface area contributed by atoms with Gasteiger partial charge in [0.05, 0.1) is 0 Å². The standard InChI is InChI=1S/C9H9N2.Y/c1-4-5-9-10-7(2)6-8(3)11-9;/h1-3H3;/q-1;. The summed E-state index contributed by atoms with van der Waals surface area (Å²) >= 11 is 0. The molecular formula is C9H9N2Y-. The minimum absolute atomic E-state index is 0. The SMILES string of the molecule is CC#Cc1nc(C)[c-]c(C)n1.[Y]. The predicted octanol–water partition coefficient (Wildman–Crippen LogP) is 1.26. The third-order valence-electron chi connectivity index (χ3n) is 1.15. The Hall–Kier alpha value is -0.256. The summed E-state index contributed by atoms with van der Waals surface area (Å²) in [5, 5.41) is 0. The van der Waals surface area contributed by atoms with Crippen LogP contribution in [0.25, 0.3) is 0 Å². The van der Waals surface area contributed by atoms with E-state index >= 15 is 0 Å². The second-order valence-corrected chi connectivity index (χ2v) is 2.22. The molecule has 0 aliphatic rings. The minimum Gasteiger partial charge on any atom is -0.427 e. The average Bonchev–Trinajstić information content (AvgIpc) is 1.85. The van der Waals surface area contributed by atoms with E-state index in [-0.39, 0.29) is 32.7 Å². The maximum absolute atomic E-state index is 4.08. The third-order valence-corrected chi connectivity index (χ3v) is 1.15. The molecule has 0 bridgehead atoms. The largest absolute Gasteiger partial charge is 0.427 e. The van der Waals surface area contributed by atoms with Crippen LogP contribution in [0, 0.1) is 31.8 Å². The molecule has 0 fully saturated rings. The second-order valence-electron chi connectivity index (χ2n) is 2.22. The van der Waals surface area contributed by atoms with E-state index in [1.165, 1.54) is 0 Å². The van der Waals surface area contributed by atoms with Crippen molar-refractivity contribution < 1.29 is 32.7 Å². The molecule has 0 amide bonds. The van der Waals surface area contributed by atoms with Gasteiger partial charge < -0.3 is 6.07 Å². The smallest absolute Gasteiger partial charge is 0.199 e. The molecule has 1 aromatic heterocycles. The zero-order valence-electron chi connectivity index (χ0n) is 7.47. The molecule has 0 unspecified atom stereocenters. The van der Waals surface area contributed by atoms with Crippen molar-refractivity contribution in [2.24, 2.45) is 0 Å². The van der Waals surface area contributed by atoms with Crippen molar-refractivity contribution in [2.45, 2.75) is 20.8 Å². The van der Waals surface area contributed by atoms with Gasteiger partial charge in [-0.2, -0.15) is 0 Å². The van der Waals surface area contributed by atoms with Crippen LogP contribution in [-0.4, -0.2) is 9.97 Å². The van der Waals surface area contributed by atoms with Gasteiger partial charge in [-0.05, 0) is 12.8 Å². The first kappa shape index (κ1) is 11.7. The number of aromatic nitrogens is 2. The Bertz CT molecular complexity index is 303. The molecule has 12 heavy (non-hydrogen) atoms. The van der Waals surface area contributed by atoms with Gasteiger partial charge in [0.1, 0.15) is 0 Å². The third kappa shape index (κ3) is 3.43. The topological polar surface area (TPSA) is 25.8 Å². The van der Waals surface area contributed by atoms with Crippen molar-refractivity contribution >= 4 is 0 Å². The van der Waals surface area contributed by atoms with Crippen molar-refractivity contribution in [1.82, 2.24) is 9.97 Å². The van der Waals surface area contributed by atoms with Crippen LogP contribution in [0.2, 0.25) is 0 Å². The molecule has 0 atom stereocenters. The molecule has 1 rings (SSSR count). The van der Waals surface area contributed by atoms with Crippen molar-refractivity contribution in [3.05, 3.63) is 23.3 Å². The van der Waals surface area contributed by atoms with Gasteiger partial charge in [-0.1, -0.05) is 19.8 Å². The molecular weight excluding hydrogens is 225 g/mol. The Morgan fingerprint density at radius 1 is 1.17 bits per heavy atom. The van der Waals surface area contributed by atoms with Crippen molar-refractivity contribution in [2.75, 3.05) is 0 Å². The summed E-state index contributed by atoms with van der Waals surface area (Å²) in [4.78, 5) is 8.17. The van der Waals surface area contributed by atoms with Crippen LogP contribution >= 0.6 is 0 Å².